The molecule has 3 rings (SSSR count). The van der Waals surface area contributed by atoms with Crippen LogP contribution in [-0.4, -0.2) is 47.9 Å². The summed E-state index contributed by atoms with van der Waals surface area (Å²) < 4.78 is 13.1. The SMILES string of the molecule is CCCC[Si](C)(C)[C@@]12OC(C)(C)O[C@@H]1[C@@H](CO)N[C@H]2c1cccnc1. The van der Waals surface area contributed by atoms with Crippen molar-refractivity contribution < 1.29 is 14.6 Å². The highest BCUT2D eigenvalue weighted by Crippen LogP contribution is 2.55. The summed E-state index contributed by atoms with van der Waals surface area (Å²) in [7, 11) is -1.88. The predicted molar refractivity (Wildman–Crippen MR) is 101 cm³/mol. The average molecular weight is 365 g/mol. The number of aliphatic hydroxyl groups excluding tert-OH is 1. The Morgan fingerprint density at radius 3 is 2.72 bits per heavy atom. The van der Waals surface area contributed by atoms with Gasteiger partial charge in [0.05, 0.1) is 26.8 Å². The van der Waals surface area contributed by atoms with E-state index in [0.29, 0.717) is 0 Å². The van der Waals surface area contributed by atoms with Crippen molar-refractivity contribution in [1.82, 2.24) is 10.3 Å². The van der Waals surface area contributed by atoms with Crippen LogP contribution in [0.15, 0.2) is 24.5 Å². The quantitative estimate of drug-likeness (QED) is 0.760. The summed E-state index contributed by atoms with van der Waals surface area (Å²) in [4.78, 5) is 4.32. The zero-order valence-electron chi connectivity index (χ0n) is 16.1. The third-order valence-corrected chi connectivity index (χ3v) is 10.2. The fourth-order valence-electron chi connectivity index (χ4n) is 4.68. The first kappa shape index (κ1) is 19.0. The van der Waals surface area contributed by atoms with Gasteiger partial charge in [0.2, 0.25) is 0 Å². The third-order valence-electron chi connectivity index (χ3n) is 5.85. The van der Waals surface area contributed by atoms with Gasteiger partial charge in [-0.3, -0.25) is 4.98 Å². The van der Waals surface area contributed by atoms with Gasteiger partial charge in [-0.1, -0.05) is 45.0 Å². The van der Waals surface area contributed by atoms with Gasteiger partial charge in [0, 0.05) is 12.4 Å². The normalized spacial score (nSPS) is 34.2. The van der Waals surface area contributed by atoms with Gasteiger partial charge in [0.25, 0.3) is 0 Å². The molecule has 140 valence electrons. The number of nitrogens with zero attached hydrogens (tertiary/aromatic N) is 1. The van der Waals surface area contributed by atoms with Gasteiger partial charge in [-0.15, -0.1) is 0 Å². The number of pyridine rings is 1. The van der Waals surface area contributed by atoms with Crippen molar-refractivity contribution in [3.8, 4) is 0 Å². The Bertz CT molecular complexity index is 596. The highest BCUT2D eigenvalue weighted by Gasteiger charge is 2.70. The van der Waals surface area contributed by atoms with E-state index >= 15 is 0 Å². The molecule has 2 aliphatic rings. The van der Waals surface area contributed by atoms with Crippen molar-refractivity contribution in [3.05, 3.63) is 30.1 Å². The molecule has 0 saturated carbocycles. The van der Waals surface area contributed by atoms with E-state index in [0.717, 1.165) is 5.56 Å². The second kappa shape index (κ2) is 6.74. The van der Waals surface area contributed by atoms with Crippen LogP contribution in [0.5, 0.6) is 0 Å². The first-order valence-corrected chi connectivity index (χ1v) is 12.6. The van der Waals surface area contributed by atoms with E-state index in [1.54, 1.807) is 6.20 Å². The Morgan fingerprint density at radius 1 is 1.36 bits per heavy atom. The molecule has 2 fully saturated rings. The summed E-state index contributed by atoms with van der Waals surface area (Å²) in [5.74, 6) is -0.642. The molecule has 1 aromatic rings. The number of rotatable bonds is 6. The molecule has 0 bridgehead atoms. The molecule has 4 atom stereocenters. The molecule has 0 radical (unpaired) electrons. The lowest BCUT2D eigenvalue weighted by Crippen LogP contribution is -2.62. The van der Waals surface area contributed by atoms with Gasteiger partial charge >= 0.3 is 0 Å². The van der Waals surface area contributed by atoms with Crippen molar-refractivity contribution in [3.63, 3.8) is 0 Å². The van der Waals surface area contributed by atoms with Crippen LogP contribution in [0.25, 0.3) is 0 Å². The summed E-state index contributed by atoms with van der Waals surface area (Å²) in [6, 6.07) is 5.11. The van der Waals surface area contributed by atoms with Crippen LogP contribution in [0.1, 0.15) is 45.2 Å². The minimum atomic E-state index is -1.88. The maximum absolute atomic E-state index is 10.0. The summed E-state index contributed by atoms with van der Waals surface area (Å²) in [6.45, 7) is 11.1. The van der Waals surface area contributed by atoms with Crippen LogP contribution in [0, 0.1) is 0 Å². The minimum Gasteiger partial charge on any atom is -0.395 e. The molecule has 0 aromatic carbocycles. The lowest BCUT2D eigenvalue weighted by atomic mass is 10.0. The van der Waals surface area contributed by atoms with Crippen molar-refractivity contribution in [2.45, 2.75) is 82.0 Å². The van der Waals surface area contributed by atoms with E-state index in [1.807, 2.05) is 26.1 Å². The van der Waals surface area contributed by atoms with Gasteiger partial charge in [0.15, 0.2) is 5.79 Å². The molecule has 3 heterocycles. The van der Waals surface area contributed by atoms with Crippen LogP contribution in [0.3, 0.4) is 0 Å². The fraction of sp³-hybridized carbons (Fsp3) is 0.737. The zero-order chi connectivity index (χ0) is 18.3. The van der Waals surface area contributed by atoms with E-state index in [2.05, 4.69) is 36.4 Å². The molecule has 6 heteroatoms. The molecule has 0 spiro atoms. The zero-order valence-corrected chi connectivity index (χ0v) is 17.1. The standard InChI is InChI=1S/C19H32N2O3Si/c1-6-7-11-25(4,5)19-16(14-9-8-10-20-12-14)21-15(13-22)17(19)23-18(2,3)24-19/h8-10,12,15-17,21-22H,6-7,11,13H2,1-5H3/t15-,16+,17-,19-/m1/s1. The molecule has 5 nitrogen and oxygen atoms in total. The highest BCUT2D eigenvalue weighted by atomic mass is 28.3. The maximum atomic E-state index is 10.0. The molecular weight excluding hydrogens is 332 g/mol. The fourth-order valence-corrected chi connectivity index (χ4v) is 8.89. The third kappa shape index (κ3) is 3.08. The highest BCUT2D eigenvalue weighted by molar-refractivity contribution is 6.80. The molecule has 0 aliphatic carbocycles. The monoisotopic (exact) mass is 364 g/mol. The van der Waals surface area contributed by atoms with Crippen LogP contribution < -0.4 is 5.32 Å². The molecule has 25 heavy (non-hydrogen) atoms. The predicted octanol–water partition coefficient (Wildman–Crippen LogP) is 3.02. The number of fused-ring (bicyclic) bond motifs is 1. The number of nitrogens with one attached hydrogen (secondary N) is 1. The van der Waals surface area contributed by atoms with Crippen molar-refractivity contribution >= 4 is 8.07 Å². The first-order valence-electron chi connectivity index (χ1n) is 9.42. The molecule has 2 N–H and O–H groups in total. The number of ether oxygens (including phenoxy) is 2. The van der Waals surface area contributed by atoms with Crippen LogP contribution in [0.2, 0.25) is 19.1 Å². The lowest BCUT2D eigenvalue weighted by Gasteiger charge is -2.45. The molecule has 2 saturated heterocycles. The van der Waals surface area contributed by atoms with Gasteiger partial charge in [0.1, 0.15) is 11.3 Å². The Morgan fingerprint density at radius 2 is 2.12 bits per heavy atom. The Kier molecular flexibility index (Phi) is 5.12. The smallest absolute Gasteiger partial charge is 0.163 e. The molecule has 1 aromatic heterocycles. The van der Waals surface area contributed by atoms with Gasteiger partial charge in [-0.05, 0) is 25.5 Å². The van der Waals surface area contributed by atoms with Crippen molar-refractivity contribution in [1.29, 1.82) is 0 Å². The second-order valence-corrected chi connectivity index (χ2v) is 13.5. The number of hydrogen-bond donors (Lipinski definition) is 2. The number of hydrogen-bond acceptors (Lipinski definition) is 5. The first-order chi connectivity index (χ1) is 11.8. The van der Waals surface area contributed by atoms with Crippen LogP contribution in [0.4, 0.5) is 0 Å². The number of aromatic nitrogens is 1. The topological polar surface area (TPSA) is 63.6 Å². The maximum Gasteiger partial charge on any atom is 0.163 e. The summed E-state index contributed by atoms with van der Waals surface area (Å²) in [5.41, 5.74) is 1.11. The summed E-state index contributed by atoms with van der Waals surface area (Å²) in [6.07, 6.45) is 5.93. The van der Waals surface area contributed by atoms with E-state index in [1.165, 1.54) is 18.9 Å². The molecule has 0 unspecified atom stereocenters. The van der Waals surface area contributed by atoms with E-state index < -0.39 is 19.1 Å². The lowest BCUT2D eigenvalue weighted by molar-refractivity contribution is -0.164. The summed E-state index contributed by atoms with van der Waals surface area (Å²) in [5, 5.41) is 13.2. The van der Waals surface area contributed by atoms with Gasteiger partial charge in [-0.25, -0.2) is 0 Å². The van der Waals surface area contributed by atoms with E-state index in [9.17, 15) is 5.11 Å². The van der Waals surface area contributed by atoms with Crippen molar-refractivity contribution in [2.75, 3.05) is 6.61 Å². The van der Waals surface area contributed by atoms with Gasteiger partial charge < -0.3 is 19.9 Å². The number of aliphatic hydroxyl groups is 1. The number of unbranched alkanes of at least 4 members (excludes halogenated alkanes) is 1. The molecule has 0 amide bonds. The van der Waals surface area contributed by atoms with Crippen molar-refractivity contribution in [2.24, 2.45) is 0 Å². The van der Waals surface area contributed by atoms with Gasteiger partial charge in [-0.2, -0.15) is 0 Å². The Hall–Kier alpha value is -0.793. The second-order valence-electron chi connectivity index (χ2n) is 8.50. The largest absolute Gasteiger partial charge is 0.395 e. The van der Waals surface area contributed by atoms with Crippen LogP contribution in [-0.2, 0) is 9.47 Å². The average Bonchev–Trinajstić information content (AvgIpc) is 3.03. The Labute approximate surface area is 152 Å². The molecular formula is C19H32N2O3Si. The van der Waals surface area contributed by atoms with Crippen LogP contribution >= 0.6 is 0 Å². The Balaban J connectivity index is 2.11. The minimum absolute atomic E-state index is 0.0105. The van der Waals surface area contributed by atoms with E-state index in [-0.39, 0.29) is 24.8 Å². The summed E-state index contributed by atoms with van der Waals surface area (Å²) >= 11 is 0. The molecule has 2 aliphatic heterocycles. The van der Waals surface area contributed by atoms with E-state index in [4.69, 9.17) is 9.47 Å².